The van der Waals surface area contributed by atoms with Crippen LogP contribution < -0.4 is 5.32 Å². The molecule has 0 unspecified atom stereocenters. The van der Waals surface area contributed by atoms with Crippen molar-refractivity contribution in [3.05, 3.63) is 59.4 Å². The molecule has 2 heterocycles. The SMILES string of the molecule is COC(=O)c1cc(NC(=O)N2CCN(Cc3ccncc3)CC2)cc(C(=O)OC)c1. The molecule has 2 aromatic rings. The molecule has 158 valence electrons. The number of anilines is 1. The monoisotopic (exact) mass is 412 g/mol. The number of ether oxygens (including phenoxy) is 2. The summed E-state index contributed by atoms with van der Waals surface area (Å²) in [6.45, 7) is 3.42. The summed E-state index contributed by atoms with van der Waals surface area (Å²) in [4.78, 5) is 44.5. The summed E-state index contributed by atoms with van der Waals surface area (Å²) in [5.74, 6) is -1.22. The lowest BCUT2D eigenvalue weighted by Crippen LogP contribution is -2.49. The zero-order valence-electron chi connectivity index (χ0n) is 17.0. The van der Waals surface area contributed by atoms with Crippen LogP contribution in [-0.2, 0) is 16.0 Å². The average molecular weight is 412 g/mol. The van der Waals surface area contributed by atoms with Crippen molar-refractivity contribution in [2.75, 3.05) is 45.7 Å². The summed E-state index contributed by atoms with van der Waals surface area (Å²) in [5, 5.41) is 2.76. The van der Waals surface area contributed by atoms with Crippen LogP contribution in [0.5, 0.6) is 0 Å². The Morgan fingerprint density at radius 2 is 1.50 bits per heavy atom. The van der Waals surface area contributed by atoms with Crippen LogP contribution in [-0.4, -0.2) is 73.2 Å². The molecule has 1 aromatic heterocycles. The molecule has 1 saturated heterocycles. The molecule has 3 rings (SSSR count). The number of benzene rings is 1. The molecule has 1 aliphatic heterocycles. The van der Waals surface area contributed by atoms with E-state index in [1.54, 1.807) is 17.3 Å². The van der Waals surface area contributed by atoms with Gasteiger partial charge in [-0.25, -0.2) is 14.4 Å². The van der Waals surface area contributed by atoms with Crippen LogP contribution >= 0.6 is 0 Å². The number of rotatable bonds is 5. The van der Waals surface area contributed by atoms with E-state index in [0.717, 1.165) is 19.6 Å². The Labute approximate surface area is 174 Å². The van der Waals surface area contributed by atoms with Gasteiger partial charge in [-0.2, -0.15) is 0 Å². The molecule has 2 amide bonds. The van der Waals surface area contributed by atoms with Gasteiger partial charge in [0.15, 0.2) is 0 Å². The zero-order chi connectivity index (χ0) is 21.5. The summed E-state index contributed by atoms with van der Waals surface area (Å²) < 4.78 is 9.44. The number of piperazine rings is 1. The molecule has 0 saturated carbocycles. The minimum Gasteiger partial charge on any atom is -0.465 e. The molecular formula is C21H24N4O5. The number of hydrogen-bond acceptors (Lipinski definition) is 7. The summed E-state index contributed by atoms with van der Waals surface area (Å²) >= 11 is 0. The third-order valence-electron chi connectivity index (χ3n) is 4.84. The molecule has 0 bridgehead atoms. The van der Waals surface area contributed by atoms with Gasteiger partial charge >= 0.3 is 18.0 Å². The smallest absolute Gasteiger partial charge is 0.337 e. The number of esters is 2. The lowest BCUT2D eigenvalue weighted by molar-refractivity contribution is 0.0599. The fraction of sp³-hybridized carbons (Fsp3) is 0.333. The zero-order valence-corrected chi connectivity index (χ0v) is 17.0. The summed E-state index contributed by atoms with van der Waals surface area (Å²) in [5.41, 5.74) is 1.80. The van der Waals surface area contributed by atoms with Crippen LogP contribution in [0.15, 0.2) is 42.7 Å². The highest BCUT2D eigenvalue weighted by Gasteiger charge is 2.22. The first kappa shape index (κ1) is 21.3. The second kappa shape index (κ2) is 9.84. The van der Waals surface area contributed by atoms with E-state index >= 15 is 0 Å². The number of carbonyl (C=O) groups excluding carboxylic acids is 3. The highest BCUT2D eigenvalue weighted by atomic mass is 16.5. The summed E-state index contributed by atoms with van der Waals surface area (Å²) in [6, 6.07) is 7.96. The summed E-state index contributed by atoms with van der Waals surface area (Å²) in [7, 11) is 2.49. The molecule has 1 fully saturated rings. The predicted molar refractivity (Wildman–Crippen MR) is 109 cm³/mol. The van der Waals surface area contributed by atoms with Gasteiger partial charge in [-0.1, -0.05) is 0 Å². The van der Waals surface area contributed by atoms with Crippen LogP contribution in [0.4, 0.5) is 10.5 Å². The number of nitrogens with one attached hydrogen (secondary N) is 1. The Bertz CT molecular complexity index is 877. The number of pyridine rings is 1. The second-order valence-corrected chi connectivity index (χ2v) is 6.83. The van der Waals surface area contributed by atoms with E-state index in [2.05, 4.69) is 15.2 Å². The van der Waals surface area contributed by atoms with E-state index in [9.17, 15) is 14.4 Å². The Kier molecular flexibility index (Phi) is 6.97. The van der Waals surface area contributed by atoms with Crippen LogP contribution in [0.1, 0.15) is 26.3 Å². The third kappa shape index (κ3) is 5.32. The van der Waals surface area contributed by atoms with Crippen molar-refractivity contribution in [2.24, 2.45) is 0 Å². The Morgan fingerprint density at radius 3 is 2.03 bits per heavy atom. The summed E-state index contributed by atoms with van der Waals surface area (Å²) in [6.07, 6.45) is 3.54. The number of carbonyl (C=O) groups is 3. The van der Waals surface area contributed by atoms with Gasteiger partial charge in [-0.15, -0.1) is 0 Å². The molecule has 9 heteroatoms. The van der Waals surface area contributed by atoms with Crippen molar-refractivity contribution in [2.45, 2.75) is 6.54 Å². The number of amides is 2. The normalized spacial score (nSPS) is 14.1. The van der Waals surface area contributed by atoms with Gasteiger partial charge in [0.1, 0.15) is 0 Å². The first-order chi connectivity index (χ1) is 14.5. The average Bonchev–Trinajstić information content (AvgIpc) is 2.78. The van der Waals surface area contributed by atoms with E-state index < -0.39 is 11.9 Å². The van der Waals surface area contributed by atoms with Crippen molar-refractivity contribution in [3.63, 3.8) is 0 Å². The van der Waals surface area contributed by atoms with E-state index in [-0.39, 0.29) is 17.2 Å². The standard InChI is InChI=1S/C21H24N4O5/c1-29-19(26)16-11-17(20(27)30-2)13-18(12-16)23-21(28)25-9-7-24(8-10-25)14-15-3-5-22-6-4-15/h3-6,11-13H,7-10,14H2,1-2H3,(H,23,28). The molecule has 1 N–H and O–H groups in total. The largest absolute Gasteiger partial charge is 0.465 e. The molecule has 0 spiro atoms. The maximum Gasteiger partial charge on any atom is 0.337 e. The number of nitrogens with zero attached hydrogens (tertiary/aromatic N) is 3. The van der Waals surface area contributed by atoms with Crippen molar-refractivity contribution in [1.29, 1.82) is 0 Å². The predicted octanol–water partition coefficient (Wildman–Crippen LogP) is 2.00. The molecule has 0 aliphatic carbocycles. The first-order valence-corrected chi connectivity index (χ1v) is 9.49. The van der Waals surface area contributed by atoms with Crippen molar-refractivity contribution in [3.8, 4) is 0 Å². The van der Waals surface area contributed by atoms with Gasteiger partial charge in [0, 0.05) is 50.8 Å². The van der Waals surface area contributed by atoms with Gasteiger partial charge in [-0.3, -0.25) is 9.88 Å². The quantitative estimate of drug-likeness (QED) is 0.750. The van der Waals surface area contributed by atoms with Gasteiger partial charge in [-0.05, 0) is 35.9 Å². The topological polar surface area (TPSA) is 101 Å². The lowest BCUT2D eigenvalue weighted by Gasteiger charge is -2.34. The number of urea groups is 1. The minimum atomic E-state index is -0.610. The van der Waals surface area contributed by atoms with Gasteiger partial charge < -0.3 is 19.7 Å². The maximum atomic E-state index is 12.7. The van der Waals surface area contributed by atoms with Gasteiger partial charge in [0.25, 0.3) is 0 Å². The fourth-order valence-electron chi connectivity index (χ4n) is 3.23. The van der Waals surface area contributed by atoms with E-state index in [1.165, 1.54) is 38.0 Å². The number of hydrogen-bond donors (Lipinski definition) is 1. The van der Waals surface area contributed by atoms with E-state index in [4.69, 9.17) is 9.47 Å². The van der Waals surface area contributed by atoms with Crippen LogP contribution in [0.25, 0.3) is 0 Å². The van der Waals surface area contributed by atoms with Crippen LogP contribution in [0.3, 0.4) is 0 Å². The number of aromatic nitrogens is 1. The number of methoxy groups -OCH3 is 2. The fourth-order valence-corrected chi connectivity index (χ4v) is 3.23. The lowest BCUT2D eigenvalue weighted by atomic mass is 10.1. The van der Waals surface area contributed by atoms with E-state index in [1.807, 2.05) is 12.1 Å². The molecular weight excluding hydrogens is 388 g/mol. The molecule has 9 nitrogen and oxygen atoms in total. The van der Waals surface area contributed by atoms with Crippen LogP contribution in [0, 0.1) is 0 Å². The Hall–Kier alpha value is -3.46. The van der Waals surface area contributed by atoms with Gasteiger partial charge in [0.05, 0.1) is 25.3 Å². The molecule has 30 heavy (non-hydrogen) atoms. The molecule has 1 aliphatic rings. The Morgan fingerprint density at radius 1 is 0.933 bits per heavy atom. The van der Waals surface area contributed by atoms with Crippen molar-refractivity contribution >= 4 is 23.7 Å². The van der Waals surface area contributed by atoms with Crippen LogP contribution in [0.2, 0.25) is 0 Å². The highest BCUT2D eigenvalue weighted by Crippen LogP contribution is 2.18. The first-order valence-electron chi connectivity index (χ1n) is 9.49. The Balaban J connectivity index is 1.63. The van der Waals surface area contributed by atoms with Crippen molar-refractivity contribution in [1.82, 2.24) is 14.8 Å². The molecule has 1 aromatic carbocycles. The second-order valence-electron chi connectivity index (χ2n) is 6.83. The third-order valence-corrected chi connectivity index (χ3v) is 4.84. The highest BCUT2D eigenvalue weighted by molar-refractivity contribution is 5.99. The van der Waals surface area contributed by atoms with Crippen molar-refractivity contribution < 1.29 is 23.9 Å². The van der Waals surface area contributed by atoms with E-state index in [0.29, 0.717) is 18.8 Å². The van der Waals surface area contributed by atoms with Gasteiger partial charge in [0.2, 0.25) is 0 Å². The minimum absolute atomic E-state index is 0.151. The maximum absolute atomic E-state index is 12.7. The molecule has 0 atom stereocenters. The molecule has 0 radical (unpaired) electrons.